The minimum Gasteiger partial charge on any atom is -0.478 e. The van der Waals surface area contributed by atoms with Gasteiger partial charge in [-0.25, -0.2) is 13.6 Å². The first-order valence-electron chi connectivity index (χ1n) is 5.64. The van der Waals surface area contributed by atoms with Crippen molar-refractivity contribution in [3.8, 4) is 0 Å². The smallest absolute Gasteiger partial charge is 0.338 e. The Morgan fingerprint density at radius 2 is 2.00 bits per heavy atom. The Morgan fingerprint density at radius 1 is 1.37 bits per heavy atom. The molecule has 0 saturated carbocycles. The maximum atomic E-state index is 13.4. The van der Waals surface area contributed by atoms with Crippen LogP contribution in [0.5, 0.6) is 0 Å². The van der Waals surface area contributed by atoms with Gasteiger partial charge in [-0.1, -0.05) is 6.92 Å². The molecule has 0 aliphatic heterocycles. The van der Waals surface area contributed by atoms with Crippen LogP contribution in [0.25, 0.3) is 0 Å². The van der Waals surface area contributed by atoms with Gasteiger partial charge in [0.05, 0.1) is 17.2 Å². The van der Waals surface area contributed by atoms with Gasteiger partial charge in [0.15, 0.2) is 0 Å². The van der Waals surface area contributed by atoms with Crippen LogP contribution in [0, 0.1) is 17.6 Å². The molecule has 1 aromatic rings. The maximum absolute atomic E-state index is 13.4. The summed E-state index contributed by atoms with van der Waals surface area (Å²) in [6.45, 7) is 1.82. The van der Waals surface area contributed by atoms with E-state index in [0.29, 0.717) is 12.5 Å². The molecule has 1 atom stereocenters. The highest BCUT2D eigenvalue weighted by Crippen LogP contribution is 2.20. The zero-order valence-electron chi connectivity index (χ0n) is 10.2. The van der Waals surface area contributed by atoms with E-state index in [4.69, 9.17) is 10.8 Å². The van der Waals surface area contributed by atoms with Gasteiger partial charge in [-0.3, -0.25) is 4.79 Å². The van der Waals surface area contributed by atoms with Crippen molar-refractivity contribution in [2.75, 3.05) is 11.9 Å². The molecule has 1 unspecified atom stereocenters. The predicted octanol–water partition coefficient (Wildman–Crippen LogP) is 1.59. The monoisotopic (exact) mass is 272 g/mol. The van der Waals surface area contributed by atoms with Crippen LogP contribution in [0.4, 0.5) is 14.5 Å². The fraction of sp³-hybridized carbons (Fsp3) is 0.333. The fourth-order valence-corrected chi connectivity index (χ4v) is 1.50. The van der Waals surface area contributed by atoms with E-state index in [0.717, 1.165) is 6.07 Å². The van der Waals surface area contributed by atoms with Gasteiger partial charge in [0.2, 0.25) is 5.91 Å². The van der Waals surface area contributed by atoms with Crippen molar-refractivity contribution in [2.45, 2.75) is 13.3 Å². The zero-order chi connectivity index (χ0) is 14.6. The van der Waals surface area contributed by atoms with Crippen molar-refractivity contribution in [3.63, 3.8) is 0 Å². The standard InChI is InChI=1S/C12H14F2N2O3/c1-2-6(5-15)11(17)16-10-3-7(12(18)19)8(13)4-9(10)14/h3-4,6H,2,5,15H2,1H3,(H,16,17)(H,18,19). The zero-order valence-corrected chi connectivity index (χ0v) is 10.2. The number of carbonyl (C=O) groups excluding carboxylic acids is 1. The summed E-state index contributed by atoms with van der Waals surface area (Å²) in [6.07, 6.45) is 0.455. The van der Waals surface area contributed by atoms with Crippen LogP contribution in [0.2, 0.25) is 0 Å². The Morgan fingerprint density at radius 3 is 2.47 bits per heavy atom. The van der Waals surface area contributed by atoms with E-state index in [1.807, 2.05) is 0 Å². The van der Waals surface area contributed by atoms with E-state index in [-0.39, 0.29) is 12.2 Å². The second kappa shape index (κ2) is 6.24. The molecule has 1 amide bonds. The van der Waals surface area contributed by atoms with Crippen LogP contribution in [0.3, 0.4) is 0 Å². The molecular weight excluding hydrogens is 258 g/mol. The lowest BCUT2D eigenvalue weighted by Crippen LogP contribution is -2.29. The van der Waals surface area contributed by atoms with E-state index < -0.39 is 35.0 Å². The molecule has 0 bridgehead atoms. The van der Waals surface area contributed by atoms with Gasteiger partial charge in [-0.2, -0.15) is 0 Å². The van der Waals surface area contributed by atoms with Crippen LogP contribution in [0.15, 0.2) is 12.1 Å². The molecule has 0 aliphatic carbocycles. The molecular formula is C12H14F2N2O3. The van der Waals surface area contributed by atoms with E-state index in [9.17, 15) is 18.4 Å². The van der Waals surface area contributed by atoms with Crippen LogP contribution in [-0.2, 0) is 4.79 Å². The van der Waals surface area contributed by atoms with Crippen molar-refractivity contribution in [1.29, 1.82) is 0 Å². The van der Waals surface area contributed by atoms with Gasteiger partial charge < -0.3 is 16.2 Å². The van der Waals surface area contributed by atoms with Crippen molar-refractivity contribution >= 4 is 17.6 Å². The van der Waals surface area contributed by atoms with Gasteiger partial charge in [-0.15, -0.1) is 0 Å². The molecule has 0 fully saturated rings. The number of rotatable bonds is 5. The molecule has 1 rings (SSSR count). The van der Waals surface area contributed by atoms with E-state index in [2.05, 4.69) is 5.32 Å². The Labute approximate surface area is 108 Å². The fourth-order valence-electron chi connectivity index (χ4n) is 1.50. The number of nitrogens with one attached hydrogen (secondary N) is 1. The number of hydrogen-bond acceptors (Lipinski definition) is 3. The van der Waals surface area contributed by atoms with Crippen LogP contribution in [-0.4, -0.2) is 23.5 Å². The summed E-state index contributed by atoms with van der Waals surface area (Å²) in [7, 11) is 0. The molecule has 4 N–H and O–H groups in total. The minimum absolute atomic E-state index is 0.0803. The predicted molar refractivity (Wildman–Crippen MR) is 64.8 cm³/mol. The molecule has 104 valence electrons. The SMILES string of the molecule is CCC(CN)C(=O)Nc1cc(C(=O)O)c(F)cc1F. The molecule has 0 spiro atoms. The average molecular weight is 272 g/mol. The van der Waals surface area contributed by atoms with Crippen LogP contribution in [0.1, 0.15) is 23.7 Å². The van der Waals surface area contributed by atoms with Gasteiger partial charge in [0, 0.05) is 12.6 Å². The van der Waals surface area contributed by atoms with Crippen molar-refractivity contribution in [2.24, 2.45) is 11.7 Å². The summed E-state index contributed by atoms with van der Waals surface area (Å²) in [5.74, 6) is -4.83. The molecule has 0 aromatic heterocycles. The molecule has 7 heteroatoms. The third-order valence-electron chi connectivity index (χ3n) is 2.69. The lowest BCUT2D eigenvalue weighted by atomic mass is 10.1. The van der Waals surface area contributed by atoms with E-state index >= 15 is 0 Å². The normalized spacial score (nSPS) is 12.0. The van der Waals surface area contributed by atoms with Gasteiger partial charge in [-0.05, 0) is 12.5 Å². The summed E-state index contributed by atoms with van der Waals surface area (Å²) >= 11 is 0. The minimum atomic E-state index is -1.54. The van der Waals surface area contributed by atoms with Crippen molar-refractivity contribution in [1.82, 2.24) is 0 Å². The number of aromatic carboxylic acids is 1. The Bertz CT molecular complexity index is 502. The number of carboxylic acids is 1. The number of carbonyl (C=O) groups is 2. The second-order valence-electron chi connectivity index (χ2n) is 3.95. The third-order valence-corrected chi connectivity index (χ3v) is 2.69. The highest BCUT2D eigenvalue weighted by molar-refractivity contribution is 5.95. The quantitative estimate of drug-likeness (QED) is 0.758. The number of nitrogens with two attached hydrogens (primary N) is 1. The number of amides is 1. The van der Waals surface area contributed by atoms with Crippen molar-refractivity contribution in [3.05, 3.63) is 29.3 Å². The molecule has 19 heavy (non-hydrogen) atoms. The topological polar surface area (TPSA) is 92.4 Å². The number of benzene rings is 1. The summed E-state index contributed by atoms with van der Waals surface area (Å²) in [5, 5.41) is 10.9. The molecule has 5 nitrogen and oxygen atoms in total. The maximum Gasteiger partial charge on any atom is 0.338 e. The Hall–Kier alpha value is -2.02. The first-order chi connectivity index (χ1) is 8.90. The summed E-state index contributed by atoms with van der Waals surface area (Å²) in [5.41, 5.74) is 4.28. The first kappa shape index (κ1) is 15.0. The first-order valence-corrected chi connectivity index (χ1v) is 5.64. The summed E-state index contributed by atoms with van der Waals surface area (Å²) in [4.78, 5) is 22.4. The van der Waals surface area contributed by atoms with Crippen LogP contribution < -0.4 is 11.1 Å². The molecule has 0 heterocycles. The highest BCUT2D eigenvalue weighted by atomic mass is 19.1. The number of hydrogen-bond donors (Lipinski definition) is 3. The number of carboxylic acid groups (broad SMARTS) is 1. The summed E-state index contributed by atoms with van der Waals surface area (Å²) in [6, 6.07) is 1.16. The Kier molecular flexibility index (Phi) is 4.94. The van der Waals surface area contributed by atoms with Crippen LogP contribution >= 0.6 is 0 Å². The van der Waals surface area contributed by atoms with E-state index in [1.54, 1.807) is 6.92 Å². The van der Waals surface area contributed by atoms with Crippen molar-refractivity contribution < 1.29 is 23.5 Å². The molecule has 0 radical (unpaired) electrons. The van der Waals surface area contributed by atoms with E-state index in [1.165, 1.54) is 0 Å². The third kappa shape index (κ3) is 3.47. The highest BCUT2D eigenvalue weighted by Gasteiger charge is 2.19. The molecule has 0 aliphatic rings. The van der Waals surface area contributed by atoms with Gasteiger partial charge in [0.1, 0.15) is 11.6 Å². The Balaban J connectivity index is 3.04. The van der Waals surface area contributed by atoms with Gasteiger partial charge in [0.25, 0.3) is 0 Å². The second-order valence-corrected chi connectivity index (χ2v) is 3.95. The molecule has 1 aromatic carbocycles. The lowest BCUT2D eigenvalue weighted by Gasteiger charge is -2.13. The number of halogens is 2. The number of anilines is 1. The average Bonchev–Trinajstić information content (AvgIpc) is 2.33. The lowest BCUT2D eigenvalue weighted by molar-refractivity contribution is -0.119. The van der Waals surface area contributed by atoms with Gasteiger partial charge >= 0.3 is 5.97 Å². The molecule has 0 saturated heterocycles. The summed E-state index contributed by atoms with van der Waals surface area (Å²) < 4.78 is 26.6. The largest absolute Gasteiger partial charge is 0.478 e.